The third kappa shape index (κ3) is 4.92. The minimum atomic E-state index is 0.185. The quantitative estimate of drug-likeness (QED) is 0.524. The first-order valence-corrected chi connectivity index (χ1v) is 9.73. The van der Waals surface area contributed by atoms with E-state index in [0.717, 1.165) is 0 Å². The maximum atomic E-state index is 6.18. The highest BCUT2D eigenvalue weighted by Gasteiger charge is 2.36. The first-order chi connectivity index (χ1) is 10.5. The Kier molecular flexibility index (Phi) is 7.14. The smallest absolute Gasteiger partial charge is 0.0595 e. The van der Waals surface area contributed by atoms with Crippen molar-refractivity contribution in [3.8, 4) is 0 Å². The number of halogens is 2. The molecule has 1 aromatic carbocycles. The van der Waals surface area contributed by atoms with Gasteiger partial charge in [0.05, 0.1) is 10.0 Å². The lowest BCUT2D eigenvalue weighted by Gasteiger charge is -2.40. The molecule has 0 atom stereocenters. The number of hydrogen-bond donors (Lipinski definition) is 0. The van der Waals surface area contributed by atoms with Crippen LogP contribution in [0.2, 0.25) is 10.0 Å². The number of thioether (sulfide) groups is 1. The summed E-state index contributed by atoms with van der Waals surface area (Å²) in [6, 6.07) is 6.08. The number of nitrogens with zero attached hydrogens (tertiary/aromatic N) is 1. The molecular weight excluding hydrogens is 333 g/mol. The summed E-state index contributed by atoms with van der Waals surface area (Å²) >= 11 is 14.1. The van der Waals surface area contributed by atoms with E-state index in [0.29, 0.717) is 10.0 Å². The SMILES string of the molecule is CN(C)CCCCS/C=C/C1(c2ccc(Cl)c(Cl)c2)CCC1. The fourth-order valence-electron chi connectivity index (χ4n) is 2.77. The van der Waals surface area contributed by atoms with Gasteiger partial charge in [-0.05, 0) is 75.2 Å². The van der Waals surface area contributed by atoms with E-state index >= 15 is 0 Å². The van der Waals surface area contributed by atoms with Crippen LogP contribution < -0.4 is 0 Å². The fourth-order valence-corrected chi connectivity index (χ4v) is 3.94. The van der Waals surface area contributed by atoms with Gasteiger partial charge in [0.1, 0.15) is 0 Å². The molecule has 1 nitrogen and oxygen atoms in total. The number of rotatable bonds is 8. The molecule has 0 spiro atoms. The second-order valence-electron chi connectivity index (χ2n) is 6.32. The van der Waals surface area contributed by atoms with E-state index in [1.165, 1.54) is 50.0 Å². The summed E-state index contributed by atoms with van der Waals surface area (Å²) in [6.07, 6.45) is 8.63. The average molecular weight is 358 g/mol. The Morgan fingerprint density at radius 3 is 2.55 bits per heavy atom. The Bertz CT molecular complexity index is 510. The van der Waals surface area contributed by atoms with Crippen LogP contribution in [0.5, 0.6) is 0 Å². The highest BCUT2D eigenvalue weighted by atomic mass is 35.5. The van der Waals surface area contributed by atoms with E-state index in [9.17, 15) is 0 Å². The second-order valence-corrected chi connectivity index (χ2v) is 8.15. The first kappa shape index (κ1) is 18.2. The third-order valence-electron chi connectivity index (χ3n) is 4.34. The van der Waals surface area contributed by atoms with Gasteiger partial charge in [-0.1, -0.05) is 41.8 Å². The van der Waals surface area contributed by atoms with Gasteiger partial charge in [0, 0.05) is 5.41 Å². The number of unbranched alkanes of at least 4 members (excludes halogenated alkanes) is 1. The van der Waals surface area contributed by atoms with E-state index < -0.39 is 0 Å². The van der Waals surface area contributed by atoms with Gasteiger partial charge in [0.2, 0.25) is 0 Å². The van der Waals surface area contributed by atoms with E-state index in [-0.39, 0.29) is 5.41 Å². The van der Waals surface area contributed by atoms with Crippen LogP contribution in [0.1, 0.15) is 37.7 Å². The van der Waals surface area contributed by atoms with Crippen LogP contribution in [0.3, 0.4) is 0 Å². The van der Waals surface area contributed by atoms with Crippen molar-refractivity contribution in [3.05, 3.63) is 45.3 Å². The van der Waals surface area contributed by atoms with Crippen molar-refractivity contribution in [2.24, 2.45) is 0 Å². The monoisotopic (exact) mass is 357 g/mol. The van der Waals surface area contributed by atoms with Crippen LogP contribution in [-0.2, 0) is 5.41 Å². The highest BCUT2D eigenvalue weighted by molar-refractivity contribution is 8.02. The zero-order valence-electron chi connectivity index (χ0n) is 13.4. The van der Waals surface area contributed by atoms with E-state index in [4.69, 9.17) is 23.2 Å². The first-order valence-electron chi connectivity index (χ1n) is 7.93. The number of benzene rings is 1. The molecule has 0 heterocycles. The van der Waals surface area contributed by atoms with Gasteiger partial charge in [0.25, 0.3) is 0 Å². The molecule has 0 saturated heterocycles. The Labute approximate surface area is 149 Å². The van der Waals surface area contributed by atoms with Gasteiger partial charge in [-0.15, -0.1) is 11.8 Å². The summed E-state index contributed by atoms with van der Waals surface area (Å²) < 4.78 is 0. The van der Waals surface area contributed by atoms with Crippen molar-refractivity contribution in [3.63, 3.8) is 0 Å². The molecule has 1 aromatic rings. The third-order valence-corrected chi connectivity index (χ3v) is 5.93. The standard InChI is InChI=1S/C18H25Cl2NS/c1-21(2)11-3-4-12-22-13-10-18(8-5-9-18)15-6-7-16(19)17(20)14-15/h6-7,10,13-14H,3-5,8-9,11-12H2,1-2H3/b13-10+. The summed E-state index contributed by atoms with van der Waals surface area (Å²) in [4.78, 5) is 2.24. The van der Waals surface area contributed by atoms with Crippen molar-refractivity contribution in [1.29, 1.82) is 0 Å². The second kappa shape index (κ2) is 8.63. The Morgan fingerprint density at radius 2 is 1.95 bits per heavy atom. The fraction of sp³-hybridized carbons (Fsp3) is 0.556. The lowest BCUT2D eigenvalue weighted by atomic mass is 9.65. The molecule has 0 bridgehead atoms. The summed E-state index contributed by atoms with van der Waals surface area (Å²) in [6.45, 7) is 1.18. The van der Waals surface area contributed by atoms with E-state index in [1.54, 1.807) is 0 Å². The Morgan fingerprint density at radius 1 is 1.18 bits per heavy atom. The molecule has 1 fully saturated rings. The van der Waals surface area contributed by atoms with Crippen molar-refractivity contribution in [1.82, 2.24) is 4.90 Å². The lowest BCUT2D eigenvalue weighted by Crippen LogP contribution is -2.31. The lowest BCUT2D eigenvalue weighted by molar-refractivity contribution is 0.314. The van der Waals surface area contributed by atoms with Crippen LogP contribution >= 0.6 is 35.0 Å². The summed E-state index contributed by atoms with van der Waals surface area (Å²) in [5.41, 5.74) is 1.49. The topological polar surface area (TPSA) is 3.24 Å². The van der Waals surface area contributed by atoms with Crippen LogP contribution in [0.4, 0.5) is 0 Å². The largest absolute Gasteiger partial charge is 0.309 e. The molecule has 0 aliphatic heterocycles. The van der Waals surface area contributed by atoms with Gasteiger partial charge in [0.15, 0.2) is 0 Å². The molecule has 1 aliphatic carbocycles. The molecular formula is C18H25Cl2NS. The molecule has 1 aliphatic rings. The molecule has 122 valence electrons. The molecule has 0 unspecified atom stereocenters. The summed E-state index contributed by atoms with van der Waals surface area (Å²) in [5, 5.41) is 3.59. The molecule has 0 amide bonds. The van der Waals surface area contributed by atoms with Crippen LogP contribution in [0, 0.1) is 0 Å². The van der Waals surface area contributed by atoms with Gasteiger partial charge in [-0.25, -0.2) is 0 Å². The average Bonchev–Trinajstić information content (AvgIpc) is 2.43. The van der Waals surface area contributed by atoms with Gasteiger partial charge in [-0.2, -0.15) is 0 Å². The molecule has 22 heavy (non-hydrogen) atoms. The molecule has 0 radical (unpaired) electrons. The van der Waals surface area contributed by atoms with Gasteiger partial charge < -0.3 is 4.90 Å². The summed E-state index contributed by atoms with van der Waals surface area (Å²) in [7, 11) is 4.26. The van der Waals surface area contributed by atoms with Gasteiger partial charge >= 0.3 is 0 Å². The molecule has 0 N–H and O–H groups in total. The zero-order valence-corrected chi connectivity index (χ0v) is 15.8. The number of hydrogen-bond acceptors (Lipinski definition) is 2. The van der Waals surface area contributed by atoms with Crippen molar-refractivity contribution in [2.75, 3.05) is 26.4 Å². The van der Waals surface area contributed by atoms with E-state index in [2.05, 4.69) is 36.5 Å². The van der Waals surface area contributed by atoms with Crippen LogP contribution in [0.15, 0.2) is 29.7 Å². The minimum Gasteiger partial charge on any atom is -0.309 e. The minimum absolute atomic E-state index is 0.185. The maximum Gasteiger partial charge on any atom is 0.0595 e. The predicted molar refractivity (Wildman–Crippen MR) is 101 cm³/mol. The Hall–Kier alpha value is -0.150. The zero-order chi connectivity index (χ0) is 16.0. The molecule has 1 saturated carbocycles. The predicted octanol–water partition coefficient (Wildman–Crippen LogP) is 6.00. The molecule has 2 rings (SSSR count). The molecule has 0 aromatic heterocycles. The highest BCUT2D eigenvalue weighted by Crippen LogP contribution is 2.46. The van der Waals surface area contributed by atoms with Crippen molar-refractivity contribution >= 4 is 35.0 Å². The van der Waals surface area contributed by atoms with Crippen molar-refractivity contribution in [2.45, 2.75) is 37.5 Å². The summed E-state index contributed by atoms with van der Waals surface area (Å²) in [5.74, 6) is 1.20. The van der Waals surface area contributed by atoms with Crippen LogP contribution in [-0.4, -0.2) is 31.3 Å². The molecule has 4 heteroatoms. The van der Waals surface area contributed by atoms with E-state index in [1.807, 2.05) is 23.9 Å². The Balaban J connectivity index is 1.85. The van der Waals surface area contributed by atoms with Crippen LogP contribution in [0.25, 0.3) is 0 Å². The van der Waals surface area contributed by atoms with Gasteiger partial charge in [-0.3, -0.25) is 0 Å². The maximum absolute atomic E-state index is 6.18. The van der Waals surface area contributed by atoms with Crippen molar-refractivity contribution < 1.29 is 0 Å². The number of allylic oxidation sites excluding steroid dienone is 1. The normalized spacial score (nSPS) is 17.1.